The van der Waals surface area contributed by atoms with E-state index in [0.29, 0.717) is 6.42 Å². The lowest BCUT2D eigenvalue weighted by atomic mass is 9.83. The van der Waals surface area contributed by atoms with Crippen LogP contribution in [0, 0.1) is 11.3 Å². The van der Waals surface area contributed by atoms with Gasteiger partial charge in [0.25, 0.3) is 0 Å². The second kappa shape index (κ2) is 5.92. The van der Waals surface area contributed by atoms with Gasteiger partial charge in [0.1, 0.15) is 6.17 Å². The molecule has 1 N–H and O–H groups in total. The Morgan fingerprint density at radius 2 is 2.07 bits per heavy atom. The van der Waals surface area contributed by atoms with Crippen molar-refractivity contribution < 1.29 is 4.39 Å². The Balaban J connectivity index is 0.00000169. The maximum Gasteiger partial charge on any atom is 0.105 e. The van der Waals surface area contributed by atoms with Gasteiger partial charge in [-0.1, -0.05) is 20.8 Å². The van der Waals surface area contributed by atoms with E-state index in [2.05, 4.69) is 26.1 Å². The van der Waals surface area contributed by atoms with Crippen molar-refractivity contribution in [1.29, 1.82) is 0 Å². The standard InChI is InChI=1S/C11H22FN.ClH/c1-11(2,3)7-10(12)9-5-4-6-13-8-9;/h9-10,13H,4-8H2,1-3H3;1H. The molecule has 1 heterocycles. The molecule has 0 bridgehead atoms. The van der Waals surface area contributed by atoms with Gasteiger partial charge in [-0.2, -0.15) is 0 Å². The lowest BCUT2D eigenvalue weighted by Gasteiger charge is -2.29. The number of hydrogen-bond acceptors (Lipinski definition) is 1. The van der Waals surface area contributed by atoms with Crippen molar-refractivity contribution in [2.45, 2.75) is 46.2 Å². The van der Waals surface area contributed by atoms with Crippen LogP contribution in [0.5, 0.6) is 0 Å². The first kappa shape index (κ1) is 14.2. The molecule has 1 saturated heterocycles. The van der Waals surface area contributed by atoms with Crippen molar-refractivity contribution >= 4 is 12.4 Å². The number of rotatable bonds is 2. The second-order valence-electron chi connectivity index (χ2n) is 5.39. The van der Waals surface area contributed by atoms with Crippen LogP contribution in [0.2, 0.25) is 0 Å². The van der Waals surface area contributed by atoms with E-state index in [0.717, 1.165) is 25.9 Å². The maximum absolute atomic E-state index is 13.7. The molecule has 86 valence electrons. The maximum atomic E-state index is 13.7. The first-order valence-electron chi connectivity index (χ1n) is 5.34. The highest BCUT2D eigenvalue weighted by molar-refractivity contribution is 5.85. The van der Waals surface area contributed by atoms with Crippen LogP contribution in [0.1, 0.15) is 40.0 Å². The minimum absolute atomic E-state index is 0. The highest BCUT2D eigenvalue weighted by Gasteiger charge is 2.27. The summed E-state index contributed by atoms with van der Waals surface area (Å²) in [6, 6.07) is 0. The number of piperidine rings is 1. The Hall–Kier alpha value is 0.180. The minimum atomic E-state index is -0.618. The molecule has 0 aromatic heterocycles. The Bertz CT molecular complexity index is 150. The van der Waals surface area contributed by atoms with Crippen LogP contribution in [0.25, 0.3) is 0 Å². The molecule has 1 aliphatic rings. The quantitative estimate of drug-likeness (QED) is 0.758. The lowest BCUT2D eigenvalue weighted by Crippen LogP contribution is -2.36. The Labute approximate surface area is 93.3 Å². The third kappa shape index (κ3) is 5.16. The topological polar surface area (TPSA) is 12.0 Å². The van der Waals surface area contributed by atoms with Crippen molar-refractivity contribution in [2.75, 3.05) is 13.1 Å². The third-order valence-corrected chi connectivity index (χ3v) is 2.65. The molecule has 0 saturated carbocycles. The average molecular weight is 224 g/mol. The summed E-state index contributed by atoms with van der Waals surface area (Å²) in [4.78, 5) is 0. The fourth-order valence-electron chi connectivity index (χ4n) is 1.94. The number of halogens is 2. The van der Waals surface area contributed by atoms with Crippen molar-refractivity contribution in [3.63, 3.8) is 0 Å². The molecule has 0 radical (unpaired) electrons. The predicted molar refractivity (Wildman–Crippen MR) is 61.8 cm³/mol. The number of nitrogens with one attached hydrogen (secondary N) is 1. The fraction of sp³-hybridized carbons (Fsp3) is 1.00. The van der Waals surface area contributed by atoms with E-state index in [4.69, 9.17) is 0 Å². The Morgan fingerprint density at radius 1 is 1.43 bits per heavy atom. The van der Waals surface area contributed by atoms with Crippen LogP contribution >= 0.6 is 12.4 Å². The van der Waals surface area contributed by atoms with Gasteiger partial charge < -0.3 is 5.32 Å². The zero-order chi connectivity index (χ0) is 9.90. The summed E-state index contributed by atoms with van der Waals surface area (Å²) < 4.78 is 13.7. The van der Waals surface area contributed by atoms with E-state index in [1.54, 1.807) is 0 Å². The second-order valence-corrected chi connectivity index (χ2v) is 5.39. The van der Waals surface area contributed by atoms with Crippen LogP contribution in [0.15, 0.2) is 0 Å². The third-order valence-electron chi connectivity index (χ3n) is 2.65. The molecular formula is C11H23ClFN. The van der Waals surface area contributed by atoms with Gasteiger partial charge in [0, 0.05) is 12.5 Å². The lowest BCUT2D eigenvalue weighted by molar-refractivity contribution is 0.138. The van der Waals surface area contributed by atoms with Crippen LogP contribution in [-0.4, -0.2) is 19.3 Å². The summed E-state index contributed by atoms with van der Waals surface area (Å²) >= 11 is 0. The monoisotopic (exact) mass is 223 g/mol. The molecule has 1 aliphatic heterocycles. The largest absolute Gasteiger partial charge is 0.316 e. The summed E-state index contributed by atoms with van der Waals surface area (Å²) in [6.45, 7) is 8.26. The molecule has 2 unspecified atom stereocenters. The number of alkyl halides is 1. The summed E-state index contributed by atoms with van der Waals surface area (Å²) in [7, 11) is 0. The average Bonchev–Trinajstić information content (AvgIpc) is 2.03. The Kier molecular flexibility index (Phi) is 5.99. The van der Waals surface area contributed by atoms with Gasteiger partial charge in [0.2, 0.25) is 0 Å². The smallest absolute Gasteiger partial charge is 0.105 e. The molecule has 3 heteroatoms. The van der Waals surface area contributed by atoms with Gasteiger partial charge in [0.05, 0.1) is 0 Å². The van der Waals surface area contributed by atoms with Crippen molar-refractivity contribution in [3.8, 4) is 0 Å². The fourth-order valence-corrected chi connectivity index (χ4v) is 1.94. The molecule has 0 spiro atoms. The van der Waals surface area contributed by atoms with Crippen molar-refractivity contribution in [1.82, 2.24) is 5.32 Å². The molecular weight excluding hydrogens is 201 g/mol. The minimum Gasteiger partial charge on any atom is -0.316 e. The van der Waals surface area contributed by atoms with Gasteiger partial charge in [0.15, 0.2) is 0 Å². The summed E-state index contributed by atoms with van der Waals surface area (Å²) in [6.07, 6.45) is 2.27. The van der Waals surface area contributed by atoms with Crippen LogP contribution in [0.4, 0.5) is 4.39 Å². The van der Waals surface area contributed by atoms with Gasteiger partial charge in [-0.15, -0.1) is 12.4 Å². The summed E-state index contributed by atoms with van der Waals surface area (Å²) in [5.74, 6) is 0.257. The van der Waals surface area contributed by atoms with E-state index < -0.39 is 6.17 Å². The zero-order valence-corrected chi connectivity index (χ0v) is 10.3. The molecule has 1 rings (SSSR count). The van der Waals surface area contributed by atoms with E-state index in [1.807, 2.05) is 0 Å². The molecule has 2 atom stereocenters. The predicted octanol–water partition coefficient (Wildman–Crippen LogP) is 3.18. The summed E-state index contributed by atoms with van der Waals surface area (Å²) in [5, 5.41) is 3.26. The number of hydrogen-bond donors (Lipinski definition) is 1. The van der Waals surface area contributed by atoms with Crippen molar-refractivity contribution in [3.05, 3.63) is 0 Å². The normalized spacial score (nSPS) is 25.3. The van der Waals surface area contributed by atoms with Crippen LogP contribution in [0.3, 0.4) is 0 Å². The highest BCUT2D eigenvalue weighted by atomic mass is 35.5. The first-order valence-corrected chi connectivity index (χ1v) is 5.34. The van der Waals surface area contributed by atoms with Crippen molar-refractivity contribution in [2.24, 2.45) is 11.3 Å². The van der Waals surface area contributed by atoms with E-state index in [1.165, 1.54) is 0 Å². The highest BCUT2D eigenvalue weighted by Crippen LogP contribution is 2.28. The van der Waals surface area contributed by atoms with Gasteiger partial charge in [-0.3, -0.25) is 0 Å². The molecule has 0 aromatic carbocycles. The van der Waals surface area contributed by atoms with Gasteiger partial charge >= 0.3 is 0 Å². The molecule has 1 fully saturated rings. The van der Waals surface area contributed by atoms with E-state index >= 15 is 0 Å². The SMILES string of the molecule is CC(C)(C)CC(F)C1CCCNC1.Cl. The van der Waals surface area contributed by atoms with Gasteiger partial charge in [-0.25, -0.2) is 4.39 Å². The molecule has 0 aromatic rings. The summed E-state index contributed by atoms with van der Waals surface area (Å²) in [5.41, 5.74) is 0.122. The van der Waals surface area contributed by atoms with Gasteiger partial charge in [-0.05, 0) is 31.2 Å². The van der Waals surface area contributed by atoms with Crippen LogP contribution in [-0.2, 0) is 0 Å². The molecule has 14 heavy (non-hydrogen) atoms. The molecule has 1 nitrogen and oxygen atoms in total. The van der Waals surface area contributed by atoms with E-state index in [9.17, 15) is 4.39 Å². The van der Waals surface area contributed by atoms with Crippen LogP contribution < -0.4 is 5.32 Å². The van der Waals surface area contributed by atoms with E-state index in [-0.39, 0.29) is 23.7 Å². The molecule has 0 amide bonds. The Morgan fingerprint density at radius 3 is 2.50 bits per heavy atom. The zero-order valence-electron chi connectivity index (χ0n) is 9.48. The molecule has 0 aliphatic carbocycles. The first-order chi connectivity index (χ1) is 5.99.